The van der Waals surface area contributed by atoms with Crippen molar-refractivity contribution in [2.75, 3.05) is 31.1 Å². The van der Waals surface area contributed by atoms with Gasteiger partial charge >= 0.3 is 0 Å². The summed E-state index contributed by atoms with van der Waals surface area (Å²) >= 11 is 0. The largest absolute Gasteiger partial charge is 0.368 e. The van der Waals surface area contributed by atoms with Crippen molar-refractivity contribution in [2.45, 2.75) is 13.3 Å². The lowest BCUT2D eigenvalue weighted by molar-refractivity contribution is -0.130. The number of nitrogens with one attached hydrogen (secondary N) is 1. The number of nitrogens with zero attached hydrogens (tertiary/aromatic N) is 3. The van der Waals surface area contributed by atoms with E-state index in [0.29, 0.717) is 6.42 Å². The van der Waals surface area contributed by atoms with Crippen LogP contribution in [0.5, 0.6) is 0 Å². The summed E-state index contributed by atoms with van der Waals surface area (Å²) in [5, 5.41) is 8.33. The van der Waals surface area contributed by atoms with Crippen LogP contribution in [0.25, 0.3) is 10.9 Å². The normalized spacial score (nSPS) is 14.9. The van der Waals surface area contributed by atoms with Crippen molar-refractivity contribution in [1.29, 1.82) is 0 Å². The second kappa shape index (κ2) is 6.59. The van der Waals surface area contributed by atoms with E-state index in [9.17, 15) is 4.79 Å². The summed E-state index contributed by atoms with van der Waals surface area (Å²) in [7, 11) is 0. The van der Waals surface area contributed by atoms with Crippen LogP contribution in [-0.4, -0.2) is 47.2 Å². The predicted octanol–water partition coefficient (Wildman–Crippen LogP) is 2.76. The quantitative estimate of drug-likeness (QED) is 0.801. The standard InChI is InChI=1S/C20H22N4O/c1-15-5-4-6-16(13-15)23-9-11-24(12-10-23)20(25)14-19-17-7-2-3-8-18(17)21-22-19/h2-8,13H,9-12,14H2,1H3,(H,21,22). The third-order valence-corrected chi connectivity index (χ3v) is 4.87. The minimum atomic E-state index is 0.165. The van der Waals surface area contributed by atoms with Crippen molar-refractivity contribution in [1.82, 2.24) is 15.1 Å². The van der Waals surface area contributed by atoms with Crippen LogP contribution < -0.4 is 4.90 Å². The van der Waals surface area contributed by atoms with Crippen LogP contribution >= 0.6 is 0 Å². The van der Waals surface area contributed by atoms with E-state index in [0.717, 1.165) is 42.8 Å². The zero-order valence-electron chi connectivity index (χ0n) is 14.4. The lowest BCUT2D eigenvalue weighted by Crippen LogP contribution is -2.49. The molecule has 0 aliphatic carbocycles. The van der Waals surface area contributed by atoms with E-state index in [1.165, 1.54) is 11.3 Å². The number of para-hydroxylation sites is 1. The molecule has 2 aromatic carbocycles. The van der Waals surface area contributed by atoms with E-state index in [1.807, 2.05) is 29.2 Å². The molecule has 1 aliphatic rings. The summed E-state index contributed by atoms with van der Waals surface area (Å²) in [4.78, 5) is 17.0. The third-order valence-electron chi connectivity index (χ3n) is 4.87. The van der Waals surface area contributed by atoms with Crippen molar-refractivity contribution < 1.29 is 4.79 Å². The monoisotopic (exact) mass is 334 g/mol. The van der Waals surface area contributed by atoms with Crippen LogP contribution in [0.3, 0.4) is 0 Å². The van der Waals surface area contributed by atoms with Crippen LogP contribution in [-0.2, 0) is 11.2 Å². The molecule has 1 aliphatic heterocycles. The minimum Gasteiger partial charge on any atom is -0.368 e. The molecule has 1 aromatic heterocycles. The smallest absolute Gasteiger partial charge is 0.228 e. The molecule has 1 N–H and O–H groups in total. The molecule has 5 nitrogen and oxygen atoms in total. The van der Waals surface area contributed by atoms with Crippen molar-refractivity contribution >= 4 is 22.5 Å². The Kier molecular flexibility index (Phi) is 4.14. The van der Waals surface area contributed by atoms with Crippen molar-refractivity contribution in [3.05, 3.63) is 59.8 Å². The summed E-state index contributed by atoms with van der Waals surface area (Å²) in [6.07, 6.45) is 0.380. The molecule has 0 unspecified atom stereocenters. The molecule has 5 heteroatoms. The maximum atomic E-state index is 12.7. The van der Waals surface area contributed by atoms with Gasteiger partial charge in [-0.2, -0.15) is 5.10 Å². The summed E-state index contributed by atoms with van der Waals surface area (Å²) in [5.74, 6) is 0.165. The van der Waals surface area contributed by atoms with E-state index < -0.39 is 0 Å². The number of aromatic amines is 1. The Morgan fingerprint density at radius 1 is 1.08 bits per heavy atom. The topological polar surface area (TPSA) is 52.2 Å². The van der Waals surface area contributed by atoms with Crippen LogP contribution in [0, 0.1) is 6.92 Å². The van der Waals surface area contributed by atoms with Crippen LogP contribution in [0.2, 0.25) is 0 Å². The van der Waals surface area contributed by atoms with Crippen molar-refractivity contribution in [2.24, 2.45) is 0 Å². The lowest BCUT2D eigenvalue weighted by Gasteiger charge is -2.36. The second-order valence-electron chi connectivity index (χ2n) is 6.60. The molecular formula is C20H22N4O. The summed E-state index contributed by atoms with van der Waals surface area (Å²) in [6.45, 7) is 5.38. The Balaban J connectivity index is 1.40. The van der Waals surface area contributed by atoms with Gasteiger partial charge in [0.25, 0.3) is 0 Å². The molecule has 0 saturated carbocycles. The fourth-order valence-electron chi connectivity index (χ4n) is 3.45. The van der Waals surface area contributed by atoms with Gasteiger partial charge in [-0.1, -0.05) is 30.3 Å². The highest BCUT2D eigenvalue weighted by Gasteiger charge is 2.22. The Morgan fingerprint density at radius 3 is 2.68 bits per heavy atom. The highest BCUT2D eigenvalue weighted by atomic mass is 16.2. The first-order chi connectivity index (χ1) is 12.2. The minimum absolute atomic E-state index is 0.165. The Labute approximate surface area is 147 Å². The van der Waals surface area contributed by atoms with Gasteiger partial charge in [0.2, 0.25) is 5.91 Å². The molecule has 0 spiro atoms. The molecule has 1 fully saturated rings. The van der Waals surface area contributed by atoms with E-state index in [4.69, 9.17) is 0 Å². The second-order valence-corrected chi connectivity index (χ2v) is 6.60. The van der Waals surface area contributed by atoms with E-state index in [1.54, 1.807) is 0 Å². The highest BCUT2D eigenvalue weighted by Crippen LogP contribution is 2.19. The summed E-state index contributed by atoms with van der Waals surface area (Å²) in [5.41, 5.74) is 4.32. The van der Waals surface area contributed by atoms with Gasteiger partial charge in [-0.3, -0.25) is 9.89 Å². The number of rotatable bonds is 3. The first-order valence-electron chi connectivity index (χ1n) is 8.72. The summed E-state index contributed by atoms with van der Waals surface area (Å²) < 4.78 is 0. The molecule has 4 rings (SSSR count). The first-order valence-corrected chi connectivity index (χ1v) is 8.72. The van der Waals surface area contributed by atoms with Gasteiger partial charge < -0.3 is 9.80 Å². The van der Waals surface area contributed by atoms with Gasteiger partial charge in [-0.05, 0) is 30.7 Å². The van der Waals surface area contributed by atoms with Crippen LogP contribution in [0.15, 0.2) is 48.5 Å². The molecule has 25 heavy (non-hydrogen) atoms. The molecule has 1 saturated heterocycles. The number of aryl methyl sites for hydroxylation is 1. The molecule has 128 valence electrons. The number of anilines is 1. The van der Waals surface area contributed by atoms with Gasteiger partial charge in [0, 0.05) is 37.3 Å². The van der Waals surface area contributed by atoms with Crippen LogP contribution in [0.4, 0.5) is 5.69 Å². The highest BCUT2D eigenvalue weighted by molar-refractivity contribution is 5.87. The fourth-order valence-corrected chi connectivity index (χ4v) is 3.45. The maximum absolute atomic E-state index is 12.7. The van der Waals surface area contributed by atoms with Crippen molar-refractivity contribution in [3.63, 3.8) is 0 Å². The number of amides is 1. The van der Waals surface area contributed by atoms with Gasteiger partial charge in [-0.15, -0.1) is 0 Å². The molecule has 2 heterocycles. The zero-order chi connectivity index (χ0) is 17.2. The third kappa shape index (κ3) is 3.22. The molecule has 3 aromatic rings. The van der Waals surface area contributed by atoms with Gasteiger partial charge in [0.1, 0.15) is 0 Å². The number of hydrogen-bond donors (Lipinski definition) is 1. The average molecular weight is 334 g/mol. The number of carbonyl (C=O) groups is 1. The number of benzene rings is 2. The lowest BCUT2D eigenvalue weighted by atomic mass is 10.1. The Morgan fingerprint density at radius 2 is 1.88 bits per heavy atom. The van der Waals surface area contributed by atoms with Crippen LogP contribution in [0.1, 0.15) is 11.3 Å². The molecular weight excluding hydrogens is 312 g/mol. The summed E-state index contributed by atoms with van der Waals surface area (Å²) in [6, 6.07) is 16.4. The Hall–Kier alpha value is -2.82. The number of hydrogen-bond acceptors (Lipinski definition) is 3. The average Bonchev–Trinajstić information content (AvgIpc) is 3.05. The molecule has 1 amide bonds. The Bertz CT molecular complexity index is 893. The van der Waals surface area contributed by atoms with Gasteiger partial charge in [0.15, 0.2) is 0 Å². The van der Waals surface area contributed by atoms with E-state index in [-0.39, 0.29) is 5.91 Å². The van der Waals surface area contributed by atoms with Gasteiger partial charge in [0.05, 0.1) is 17.6 Å². The SMILES string of the molecule is Cc1cccc(N2CCN(C(=O)Cc3[nH]nc4ccccc34)CC2)c1. The predicted molar refractivity (Wildman–Crippen MR) is 99.8 cm³/mol. The van der Waals surface area contributed by atoms with Gasteiger partial charge in [-0.25, -0.2) is 0 Å². The van der Waals surface area contributed by atoms with E-state index >= 15 is 0 Å². The number of piperazine rings is 1. The maximum Gasteiger partial charge on any atom is 0.228 e. The number of aromatic nitrogens is 2. The molecule has 0 atom stereocenters. The molecule has 0 bridgehead atoms. The van der Waals surface area contributed by atoms with Crippen molar-refractivity contribution in [3.8, 4) is 0 Å². The van der Waals surface area contributed by atoms with E-state index in [2.05, 4.69) is 46.3 Å². The zero-order valence-corrected chi connectivity index (χ0v) is 14.4. The fraction of sp³-hybridized carbons (Fsp3) is 0.300. The number of H-pyrrole nitrogens is 1. The first kappa shape index (κ1) is 15.7. The molecule has 0 radical (unpaired) electrons. The number of carbonyl (C=O) groups excluding carboxylic acids is 1. The number of fused-ring (bicyclic) bond motifs is 1.